The average Bonchev–Trinajstić information content (AvgIpc) is 3.20. The van der Waals surface area contributed by atoms with Crippen molar-refractivity contribution in [3.05, 3.63) is 81.5 Å². The first kappa shape index (κ1) is 17.9. The number of hydrazone groups is 1. The van der Waals surface area contributed by atoms with Crippen LogP contribution in [0, 0.1) is 0 Å². The highest BCUT2D eigenvalue weighted by Gasteiger charge is 2.32. The zero-order chi connectivity index (χ0) is 19.7. The third-order valence-electron chi connectivity index (χ3n) is 4.44. The zero-order valence-electron chi connectivity index (χ0n) is 14.8. The summed E-state index contributed by atoms with van der Waals surface area (Å²) in [5.74, 6) is -0.805. The van der Waals surface area contributed by atoms with E-state index in [0.29, 0.717) is 22.1 Å². The SMILES string of the molecule is C/C(=N\NC(=O)C1c2ccccc2Oc2ccccc21)c1ccc(C(=O)[O-])s1. The number of carbonyl (C=O) groups excluding carboxylic acids is 2. The fourth-order valence-corrected chi connectivity index (χ4v) is 3.88. The Morgan fingerprint density at radius 1 is 0.964 bits per heavy atom. The van der Waals surface area contributed by atoms with Crippen molar-refractivity contribution in [2.24, 2.45) is 5.10 Å². The number of carboxylic acids is 1. The number of nitrogens with one attached hydrogen (secondary N) is 1. The molecular weight excluding hydrogens is 376 g/mol. The highest BCUT2D eigenvalue weighted by molar-refractivity contribution is 7.15. The van der Waals surface area contributed by atoms with E-state index in [2.05, 4.69) is 10.5 Å². The molecule has 1 aliphatic heterocycles. The molecule has 140 valence electrons. The first-order chi connectivity index (χ1) is 13.5. The number of rotatable bonds is 4. The molecule has 0 saturated carbocycles. The number of carboxylic acid groups (broad SMARTS) is 1. The number of fused-ring (bicyclic) bond motifs is 2. The lowest BCUT2D eigenvalue weighted by atomic mass is 9.87. The van der Waals surface area contributed by atoms with Crippen molar-refractivity contribution >= 4 is 28.9 Å². The van der Waals surface area contributed by atoms with Crippen molar-refractivity contribution in [1.29, 1.82) is 0 Å². The van der Waals surface area contributed by atoms with Gasteiger partial charge in [-0.2, -0.15) is 5.10 Å². The molecule has 4 rings (SSSR count). The highest BCUT2D eigenvalue weighted by Crippen LogP contribution is 2.43. The highest BCUT2D eigenvalue weighted by atomic mass is 32.1. The molecule has 0 unspecified atom stereocenters. The molecule has 0 bridgehead atoms. The number of amides is 1. The van der Waals surface area contributed by atoms with Crippen LogP contribution in [0.25, 0.3) is 0 Å². The van der Waals surface area contributed by atoms with E-state index in [0.717, 1.165) is 22.5 Å². The van der Waals surface area contributed by atoms with E-state index in [4.69, 9.17) is 4.74 Å². The van der Waals surface area contributed by atoms with E-state index < -0.39 is 11.9 Å². The fourth-order valence-electron chi connectivity index (χ4n) is 3.09. The molecule has 0 fully saturated rings. The molecule has 0 aliphatic carbocycles. The van der Waals surface area contributed by atoms with E-state index in [-0.39, 0.29) is 10.8 Å². The maximum Gasteiger partial charge on any atom is 0.252 e. The van der Waals surface area contributed by atoms with E-state index in [1.165, 1.54) is 6.07 Å². The average molecular weight is 391 g/mol. The number of thiophene rings is 1. The number of aromatic carboxylic acids is 1. The van der Waals surface area contributed by atoms with Crippen LogP contribution in [0.3, 0.4) is 0 Å². The Balaban J connectivity index is 1.62. The molecule has 2 aromatic carbocycles. The summed E-state index contributed by atoms with van der Waals surface area (Å²) in [5.41, 5.74) is 4.65. The molecule has 1 aromatic heterocycles. The predicted molar refractivity (Wildman–Crippen MR) is 104 cm³/mol. The lowest BCUT2D eigenvalue weighted by Gasteiger charge is -2.26. The third-order valence-corrected chi connectivity index (χ3v) is 5.61. The van der Waals surface area contributed by atoms with Gasteiger partial charge in [0.15, 0.2) is 0 Å². The van der Waals surface area contributed by atoms with Crippen molar-refractivity contribution in [1.82, 2.24) is 5.43 Å². The van der Waals surface area contributed by atoms with Gasteiger partial charge in [-0.3, -0.25) is 4.79 Å². The van der Waals surface area contributed by atoms with Gasteiger partial charge < -0.3 is 14.6 Å². The Labute approximate surface area is 165 Å². The Hall–Kier alpha value is -3.45. The number of ether oxygens (including phenoxy) is 1. The molecule has 1 aliphatic rings. The van der Waals surface area contributed by atoms with Crippen LogP contribution < -0.4 is 15.3 Å². The van der Waals surface area contributed by atoms with Gasteiger partial charge in [0.25, 0.3) is 5.91 Å². The summed E-state index contributed by atoms with van der Waals surface area (Å²) in [4.78, 5) is 24.7. The molecule has 28 heavy (non-hydrogen) atoms. The summed E-state index contributed by atoms with van der Waals surface area (Å²) >= 11 is 1.05. The summed E-state index contributed by atoms with van der Waals surface area (Å²) in [7, 11) is 0. The maximum atomic E-state index is 13.0. The van der Waals surface area contributed by atoms with Gasteiger partial charge in [-0.15, -0.1) is 11.3 Å². The second-order valence-corrected chi connectivity index (χ2v) is 7.32. The van der Waals surface area contributed by atoms with Gasteiger partial charge >= 0.3 is 0 Å². The first-order valence-electron chi connectivity index (χ1n) is 8.56. The minimum atomic E-state index is -1.23. The second kappa shape index (κ2) is 7.28. The lowest BCUT2D eigenvalue weighted by molar-refractivity contribution is -0.254. The van der Waals surface area contributed by atoms with Crippen LogP contribution >= 0.6 is 11.3 Å². The summed E-state index contributed by atoms with van der Waals surface area (Å²) in [6.45, 7) is 1.71. The second-order valence-electron chi connectivity index (χ2n) is 6.24. The minimum absolute atomic E-state index is 0.114. The van der Waals surface area contributed by atoms with Crippen LogP contribution in [0.1, 0.15) is 38.5 Å². The van der Waals surface area contributed by atoms with E-state index >= 15 is 0 Å². The zero-order valence-corrected chi connectivity index (χ0v) is 15.7. The Kier molecular flexibility index (Phi) is 4.67. The summed E-state index contributed by atoms with van der Waals surface area (Å²) in [5, 5.41) is 15.1. The van der Waals surface area contributed by atoms with E-state index in [1.807, 2.05) is 48.5 Å². The Bertz CT molecular complexity index is 1060. The fraction of sp³-hybridized carbons (Fsp3) is 0.0952. The van der Waals surface area contributed by atoms with Gasteiger partial charge in [0.1, 0.15) is 11.5 Å². The number of carbonyl (C=O) groups is 2. The van der Waals surface area contributed by atoms with Crippen LogP contribution in [0.15, 0.2) is 65.8 Å². The summed E-state index contributed by atoms with van der Waals surface area (Å²) in [6, 6.07) is 17.9. The molecule has 3 aromatic rings. The van der Waals surface area contributed by atoms with Crippen molar-refractivity contribution in [2.45, 2.75) is 12.8 Å². The number of hydrogen-bond donors (Lipinski definition) is 1. The van der Waals surface area contributed by atoms with Crippen molar-refractivity contribution in [2.75, 3.05) is 0 Å². The third kappa shape index (κ3) is 3.27. The molecule has 1 amide bonds. The van der Waals surface area contributed by atoms with Crippen molar-refractivity contribution in [3.8, 4) is 11.5 Å². The standard InChI is InChI=1S/C21H16N2O4S/c1-12(17-10-11-18(28-17)21(25)26)22-23-20(24)19-13-6-2-4-8-15(13)27-16-9-5-3-7-14(16)19/h2-11,19H,1H3,(H,23,24)(H,25,26)/p-1/b22-12+. The molecule has 7 heteroatoms. The minimum Gasteiger partial charge on any atom is -0.544 e. The van der Waals surface area contributed by atoms with Crippen molar-refractivity contribution in [3.63, 3.8) is 0 Å². The number of para-hydroxylation sites is 2. The van der Waals surface area contributed by atoms with Crippen LogP contribution in [0.5, 0.6) is 11.5 Å². The van der Waals surface area contributed by atoms with Crippen LogP contribution in [0.2, 0.25) is 0 Å². The van der Waals surface area contributed by atoms with Gasteiger partial charge in [-0.1, -0.05) is 36.4 Å². The molecule has 0 radical (unpaired) electrons. The largest absolute Gasteiger partial charge is 0.544 e. The smallest absolute Gasteiger partial charge is 0.252 e. The van der Waals surface area contributed by atoms with Crippen LogP contribution in [-0.2, 0) is 4.79 Å². The van der Waals surface area contributed by atoms with Gasteiger partial charge in [0, 0.05) is 11.1 Å². The summed E-state index contributed by atoms with van der Waals surface area (Å²) < 4.78 is 5.90. The van der Waals surface area contributed by atoms with Gasteiger partial charge in [0.05, 0.1) is 27.4 Å². The van der Waals surface area contributed by atoms with E-state index in [9.17, 15) is 14.7 Å². The van der Waals surface area contributed by atoms with E-state index in [1.54, 1.807) is 13.0 Å². The molecule has 0 saturated heterocycles. The first-order valence-corrected chi connectivity index (χ1v) is 9.37. The predicted octanol–water partition coefficient (Wildman–Crippen LogP) is 2.89. The number of hydrogen-bond acceptors (Lipinski definition) is 6. The van der Waals surface area contributed by atoms with Gasteiger partial charge in [0.2, 0.25) is 0 Å². The number of benzene rings is 2. The topological polar surface area (TPSA) is 90.8 Å². The molecule has 2 heterocycles. The van der Waals surface area contributed by atoms with Crippen LogP contribution in [-0.4, -0.2) is 17.6 Å². The monoisotopic (exact) mass is 391 g/mol. The maximum absolute atomic E-state index is 13.0. The quantitative estimate of drug-likeness (QED) is 0.547. The Morgan fingerprint density at radius 3 is 2.11 bits per heavy atom. The van der Waals surface area contributed by atoms with Gasteiger partial charge in [-0.25, -0.2) is 5.43 Å². The Morgan fingerprint density at radius 2 is 1.54 bits per heavy atom. The molecule has 6 nitrogen and oxygen atoms in total. The molecule has 0 atom stereocenters. The van der Waals surface area contributed by atoms with Crippen molar-refractivity contribution < 1.29 is 19.4 Å². The summed E-state index contributed by atoms with van der Waals surface area (Å²) in [6.07, 6.45) is 0. The lowest BCUT2D eigenvalue weighted by Crippen LogP contribution is -2.29. The molecular formula is C21H15N2O4S-. The molecule has 0 spiro atoms. The van der Waals surface area contributed by atoms with Crippen LogP contribution in [0.4, 0.5) is 0 Å². The molecule has 1 N–H and O–H groups in total. The normalized spacial score (nSPS) is 13.2. The number of nitrogens with zero attached hydrogens (tertiary/aromatic N) is 1. The van der Waals surface area contributed by atoms with Gasteiger partial charge in [-0.05, 0) is 31.2 Å².